The summed E-state index contributed by atoms with van der Waals surface area (Å²) >= 11 is 0. The van der Waals surface area contributed by atoms with Crippen molar-refractivity contribution in [3.63, 3.8) is 0 Å². The Labute approximate surface area is 210 Å². The quantitative estimate of drug-likeness (QED) is 0.275. The predicted octanol–water partition coefficient (Wildman–Crippen LogP) is 4.82. The van der Waals surface area contributed by atoms with E-state index in [0.29, 0.717) is 35.7 Å². The van der Waals surface area contributed by atoms with Crippen LogP contribution in [0.15, 0.2) is 90.6 Å². The first-order chi connectivity index (χ1) is 17.6. The standard InChI is InChI=1S/C29H26N4O3/c1-35-26-14-13-21(17-27(26)36-2)15-16-31-29(34)23(19-30)18-24-20-33(25-11-7-4-8-12-25)32-28(24)22-9-5-3-6-10-22/h3-14,17-18,20H,15-16H2,1-2H3,(H,31,34)/b23-18-. The van der Waals surface area contributed by atoms with Gasteiger partial charge in [0.05, 0.1) is 25.6 Å². The first-order valence-electron chi connectivity index (χ1n) is 11.4. The van der Waals surface area contributed by atoms with E-state index in [1.165, 1.54) is 0 Å². The summed E-state index contributed by atoms with van der Waals surface area (Å²) in [7, 11) is 3.16. The van der Waals surface area contributed by atoms with Gasteiger partial charge in [-0.2, -0.15) is 10.4 Å². The Morgan fingerprint density at radius 1 is 1.00 bits per heavy atom. The Morgan fingerprint density at radius 2 is 1.69 bits per heavy atom. The highest BCUT2D eigenvalue weighted by Gasteiger charge is 2.15. The Hall–Kier alpha value is -4.83. The number of nitriles is 1. The molecular weight excluding hydrogens is 452 g/mol. The molecule has 4 aromatic rings. The van der Waals surface area contributed by atoms with Gasteiger partial charge in [0.1, 0.15) is 11.6 Å². The van der Waals surface area contributed by atoms with Gasteiger partial charge in [-0.05, 0) is 42.3 Å². The molecule has 4 rings (SSSR count). The van der Waals surface area contributed by atoms with Gasteiger partial charge in [0.25, 0.3) is 5.91 Å². The summed E-state index contributed by atoms with van der Waals surface area (Å²) < 4.78 is 12.3. The maximum Gasteiger partial charge on any atom is 0.261 e. The molecule has 1 aromatic heterocycles. The number of amides is 1. The van der Waals surface area contributed by atoms with E-state index in [1.54, 1.807) is 25.0 Å². The first-order valence-corrected chi connectivity index (χ1v) is 11.4. The van der Waals surface area contributed by atoms with Crippen LogP contribution in [0.3, 0.4) is 0 Å². The molecule has 7 nitrogen and oxygen atoms in total. The highest BCUT2D eigenvalue weighted by molar-refractivity contribution is 6.02. The Bertz CT molecular complexity index is 1400. The van der Waals surface area contributed by atoms with Crippen LogP contribution in [0.4, 0.5) is 0 Å². The smallest absolute Gasteiger partial charge is 0.261 e. The molecule has 0 spiro atoms. The maximum absolute atomic E-state index is 12.8. The van der Waals surface area contributed by atoms with Crippen LogP contribution in [0.1, 0.15) is 11.1 Å². The minimum absolute atomic E-state index is 0.00658. The van der Waals surface area contributed by atoms with Crippen LogP contribution < -0.4 is 14.8 Å². The molecule has 0 saturated carbocycles. The summed E-state index contributed by atoms with van der Waals surface area (Å²) in [5.74, 6) is 0.831. The molecule has 1 amide bonds. The third-order valence-electron chi connectivity index (χ3n) is 5.62. The van der Waals surface area contributed by atoms with E-state index in [9.17, 15) is 10.1 Å². The van der Waals surface area contributed by atoms with Gasteiger partial charge in [-0.3, -0.25) is 4.79 Å². The van der Waals surface area contributed by atoms with Gasteiger partial charge < -0.3 is 14.8 Å². The third kappa shape index (κ3) is 5.62. The summed E-state index contributed by atoms with van der Waals surface area (Å²) in [6.45, 7) is 0.363. The fraction of sp³-hybridized carbons (Fsp3) is 0.138. The lowest BCUT2D eigenvalue weighted by atomic mass is 10.1. The number of carbonyl (C=O) groups excluding carboxylic acids is 1. The van der Waals surface area contributed by atoms with Crippen LogP contribution in [-0.2, 0) is 11.2 Å². The molecule has 0 unspecified atom stereocenters. The number of para-hydroxylation sites is 1. The van der Waals surface area contributed by atoms with Crippen molar-refractivity contribution in [3.8, 4) is 34.5 Å². The van der Waals surface area contributed by atoms with Gasteiger partial charge in [-0.15, -0.1) is 0 Å². The van der Waals surface area contributed by atoms with Crippen LogP contribution in [0.2, 0.25) is 0 Å². The van der Waals surface area contributed by atoms with Crippen molar-refractivity contribution in [2.45, 2.75) is 6.42 Å². The minimum atomic E-state index is -0.440. The van der Waals surface area contributed by atoms with Crippen LogP contribution in [0.25, 0.3) is 23.0 Å². The fourth-order valence-corrected chi connectivity index (χ4v) is 3.78. The summed E-state index contributed by atoms with van der Waals surface area (Å²) in [4.78, 5) is 12.8. The summed E-state index contributed by atoms with van der Waals surface area (Å²) in [6.07, 6.45) is 3.98. The highest BCUT2D eigenvalue weighted by atomic mass is 16.5. The number of hydrogen-bond acceptors (Lipinski definition) is 5. The summed E-state index contributed by atoms with van der Waals surface area (Å²) in [5, 5.41) is 17.3. The van der Waals surface area contributed by atoms with Crippen LogP contribution >= 0.6 is 0 Å². The van der Waals surface area contributed by atoms with Crippen LogP contribution in [0, 0.1) is 11.3 Å². The number of aromatic nitrogens is 2. The van der Waals surface area contributed by atoms with E-state index >= 15 is 0 Å². The molecule has 0 atom stereocenters. The van der Waals surface area contributed by atoms with Crippen molar-refractivity contribution in [1.29, 1.82) is 5.26 Å². The molecule has 0 fully saturated rings. The first kappa shape index (κ1) is 24.3. The Morgan fingerprint density at radius 3 is 2.36 bits per heavy atom. The van der Waals surface area contributed by atoms with E-state index in [4.69, 9.17) is 14.6 Å². The molecule has 180 valence electrons. The SMILES string of the molecule is COc1ccc(CCNC(=O)/C(C#N)=C\c2cn(-c3ccccc3)nc2-c2ccccc2)cc1OC. The molecule has 7 heteroatoms. The second-order valence-electron chi connectivity index (χ2n) is 7.94. The highest BCUT2D eigenvalue weighted by Crippen LogP contribution is 2.28. The average Bonchev–Trinajstić information content (AvgIpc) is 3.36. The van der Waals surface area contributed by atoms with Gasteiger partial charge in [-0.25, -0.2) is 4.68 Å². The zero-order valence-corrected chi connectivity index (χ0v) is 20.1. The second kappa shape index (κ2) is 11.5. The lowest BCUT2D eigenvalue weighted by Crippen LogP contribution is -2.26. The molecule has 0 bridgehead atoms. The Kier molecular flexibility index (Phi) is 7.79. The molecule has 0 aliphatic rings. The lowest BCUT2D eigenvalue weighted by molar-refractivity contribution is -0.117. The van der Waals surface area contributed by atoms with Gasteiger partial charge in [0, 0.05) is 23.9 Å². The van der Waals surface area contributed by atoms with Gasteiger partial charge in [0.2, 0.25) is 0 Å². The number of nitrogens with zero attached hydrogens (tertiary/aromatic N) is 3. The van der Waals surface area contributed by atoms with E-state index < -0.39 is 5.91 Å². The molecule has 3 aromatic carbocycles. The van der Waals surface area contributed by atoms with Crippen molar-refractivity contribution >= 4 is 12.0 Å². The zero-order chi connectivity index (χ0) is 25.3. The average molecular weight is 479 g/mol. The normalized spacial score (nSPS) is 11.0. The Balaban J connectivity index is 1.55. The number of ether oxygens (including phenoxy) is 2. The topological polar surface area (TPSA) is 89.2 Å². The largest absolute Gasteiger partial charge is 0.493 e. The maximum atomic E-state index is 12.8. The van der Waals surface area contributed by atoms with E-state index in [1.807, 2.05) is 91.1 Å². The monoisotopic (exact) mass is 478 g/mol. The van der Waals surface area contributed by atoms with Crippen LogP contribution in [-0.4, -0.2) is 36.5 Å². The molecular formula is C29H26N4O3. The molecule has 36 heavy (non-hydrogen) atoms. The predicted molar refractivity (Wildman–Crippen MR) is 139 cm³/mol. The van der Waals surface area contributed by atoms with Gasteiger partial charge in [0.15, 0.2) is 11.5 Å². The van der Waals surface area contributed by atoms with Crippen molar-refractivity contribution in [2.75, 3.05) is 20.8 Å². The van der Waals surface area contributed by atoms with Crippen molar-refractivity contribution in [2.24, 2.45) is 0 Å². The number of nitrogens with one attached hydrogen (secondary N) is 1. The van der Waals surface area contributed by atoms with Gasteiger partial charge in [-0.1, -0.05) is 54.6 Å². The third-order valence-corrected chi connectivity index (χ3v) is 5.62. The molecule has 0 aliphatic heterocycles. The van der Waals surface area contributed by atoms with Crippen molar-refractivity contribution in [1.82, 2.24) is 15.1 Å². The number of methoxy groups -OCH3 is 2. The minimum Gasteiger partial charge on any atom is -0.493 e. The summed E-state index contributed by atoms with van der Waals surface area (Å²) in [6, 6.07) is 27.0. The molecule has 1 N–H and O–H groups in total. The van der Waals surface area contributed by atoms with E-state index in [0.717, 1.165) is 16.8 Å². The molecule has 0 aliphatic carbocycles. The zero-order valence-electron chi connectivity index (χ0n) is 20.1. The lowest BCUT2D eigenvalue weighted by Gasteiger charge is -2.10. The van der Waals surface area contributed by atoms with Crippen LogP contribution in [0.5, 0.6) is 11.5 Å². The fourth-order valence-electron chi connectivity index (χ4n) is 3.78. The summed E-state index contributed by atoms with van der Waals surface area (Å²) in [5.41, 5.74) is 4.12. The molecule has 1 heterocycles. The van der Waals surface area contributed by atoms with E-state index in [2.05, 4.69) is 5.32 Å². The molecule has 0 saturated heterocycles. The number of carbonyl (C=O) groups is 1. The van der Waals surface area contributed by atoms with Crippen molar-refractivity contribution in [3.05, 3.63) is 102 Å². The van der Waals surface area contributed by atoms with Gasteiger partial charge >= 0.3 is 0 Å². The number of benzene rings is 3. The number of hydrogen-bond donors (Lipinski definition) is 1. The van der Waals surface area contributed by atoms with Crippen molar-refractivity contribution < 1.29 is 14.3 Å². The molecule has 0 radical (unpaired) electrons. The number of rotatable bonds is 9. The van der Waals surface area contributed by atoms with E-state index in [-0.39, 0.29) is 5.57 Å². The second-order valence-corrected chi connectivity index (χ2v) is 7.94.